The molecule has 0 aliphatic carbocycles. The van der Waals surface area contributed by atoms with Gasteiger partial charge in [0.15, 0.2) is 5.78 Å². The lowest BCUT2D eigenvalue weighted by molar-refractivity contribution is -0.128. The van der Waals surface area contributed by atoms with Gasteiger partial charge in [0.2, 0.25) is 0 Å². The monoisotopic (exact) mass is 329 g/mol. The number of alkyl carbamates (subject to hydrolysis) is 1. The zero-order chi connectivity index (χ0) is 17.6. The molecule has 24 heavy (non-hydrogen) atoms. The van der Waals surface area contributed by atoms with E-state index in [-0.39, 0.29) is 12.4 Å². The highest BCUT2D eigenvalue weighted by atomic mass is 16.5. The second-order valence-corrected chi connectivity index (χ2v) is 6.65. The van der Waals surface area contributed by atoms with Gasteiger partial charge < -0.3 is 15.0 Å². The molecule has 1 heterocycles. The average molecular weight is 329 g/mol. The lowest BCUT2D eigenvalue weighted by Crippen LogP contribution is -2.47. The Kier molecular flexibility index (Phi) is 5.73. The maximum atomic E-state index is 12.6. The summed E-state index contributed by atoms with van der Waals surface area (Å²) in [6.45, 7) is 5.64. The van der Waals surface area contributed by atoms with Crippen molar-refractivity contribution in [1.82, 2.24) is 15.3 Å². The van der Waals surface area contributed by atoms with E-state index in [0.29, 0.717) is 6.42 Å². The van der Waals surface area contributed by atoms with Crippen LogP contribution in [-0.2, 0) is 22.6 Å². The Bertz CT molecular complexity index is 661. The van der Waals surface area contributed by atoms with Gasteiger partial charge in [-0.05, 0) is 5.56 Å². The largest absolute Gasteiger partial charge is 0.445 e. The molecule has 0 saturated heterocycles. The van der Waals surface area contributed by atoms with Crippen LogP contribution < -0.4 is 5.32 Å². The Balaban J connectivity index is 1.98. The molecule has 0 fully saturated rings. The van der Waals surface area contributed by atoms with Crippen LogP contribution in [0.3, 0.4) is 0 Å². The summed E-state index contributed by atoms with van der Waals surface area (Å²) in [4.78, 5) is 31.6. The second-order valence-electron chi connectivity index (χ2n) is 6.65. The van der Waals surface area contributed by atoms with E-state index < -0.39 is 17.6 Å². The first-order chi connectivity index (χ1) is 11.4. The zero-order valence-electron chi connectivity index (χ0n) is 14.2. The van der Waals surface area contributed by atoms with Gasteiger partial charge in [-0.2, -0.15) is 0 Å². The molecule has 0 aliphatic rings. The summed E-state index contributed by atoms with van der Waals surface area (Å²) in [5.41, 5.74) is 1.10. The van der Waals surface area contributed by atoms with Crippen molar-refractivity contribution in [3.8, 4) is 0 Å². The molecule has 2 rings (SSSR count). The highest BCUT2D eigenvalue weighted by molar-refractivity contribution is 5.91. The molecular weight excluding hydrogens is 306 g/mol. The Labute approximate surface area is 141 Å². The number of hydrogen-bond donors (Lipinski definition) is 2. The predicted molar refractivity (Wildman–Crippen MR) is 90.3 cm³/mol. The fourth-order valence-corrected chi connectivity index (χ4v) is 2.26. The summed E-state index contributed by atoms with van der Waals surface area (Å²) >= 11 is 0. The van der Waals surface area contributed by atoms with E-state index in [1.807, 2.05) is 51.1 Å². The van der Waals surface area contributed by atoms with Crippen LogP contribution in [0.2, 0.25) is 0 Å². The van der Waals surface area contributed by atoms with Crippen LogP contribution in [0.25, 0.3) is 0 Å². The van der Waals surface area contributed by atoms with Gasteiger partial charge in [0, 0.05) is 23.7 Å². The summed E-state index contributed by atoms with van der Waals surface area (Å²) in [6.07, 6.45) is 2.92. The van der Waals surface area contributed by atoms with Crippen LogP contribution in [0.4, 0.5) is 4.79 Å². The summed E-state index contributed by atoms with van der Waals surface area (Å²) < 4.78 is 5.21. The van der Waals surface area contributed by atoms with Gasteiger partial charge in [0.05, 0.1) is 12.4 Å². The quantitative estimate of drug-likeness (QED) is 0.853. The first kappa shape index (κ1) is 17.7. The van der Waals surface area contributed by atoms with Crippen LogP contribution in [-0.4, -0.2) is 27.9 Å². The maximum absolute atomic E-state index is 12.6. The number of carbonyl (C=O) groups is 2. The van der Waals surface area contributed by atoms with Crippen molar-refractivity contribution < 1.29 is 14.3 Å². The average Bonchev–Trinajstić information content (AvgIpc) is 3.05. The molecule has 2 aromatic rings. The molecule has 6 heteroatoms. The Morgan fingerprint density at radius 1 is 1.25 bits per heavy atom. The minimum atomic E-state index is -0.672. The number of nitrogens with one attached hydrogen (secondary N) is 2. The first-order valence-electron chi connectivity index (χ1n) is 7.85. The lowest BCUT2D eigenvalue weighted by atomic mass is 9.85. The molecule has 1 atom stereocenters. The number of aromatic nitrogens is 2. The van der Waals surface area contributed by atoms with E-state index in [1.165, 1.54) is 0 Å². The van der Waals surface area contributed by atoms with Gasteiger partial charge in [-0.25, -0.2) is 9.78 Å². The van der Waals surface area contributed by atoms with Gasteiger partial charge in [-0.1, -0.05) is 51.1 Å². The molecule has 0 spiro atoms. The van der Waals surface area contributed by atoms with Crippen molar-refractivity contribution in [1.29, 1.82) is 0 Å². The summed E-state index contributed by atoms with van der Waals surface area (Å²) in [6, 6.07) is 8.72. The Hall–Kier alpha value is -2.63. The van der Waals surface area contributed by atoms with Gasteiger partial charge in [0.1, 0.15) is 6.61 Å². The van der Waals surface area contributed by atoms with Crippen molar-refractivity contribution in [3.05, 3.63) is 54.1 Å². The summed E-state index contributed by atoms with van der Waals surface area (Å²) in [5, 5.41) is 2.67. The molecule has 0 saturated carbocycles. The van der Waals surface area contributed by atoms with E-state index in [4.69, 9.17) is 4.74 Å². The van der Waals surface area contributed by atoms with E-state index in [1.54, 1.807) is 12.5 Å². The molecule has 0 aliphatic heterocycles. The number of benzene rings is 1. The van der Waals surface area contributed by atoms with Crippen LogP contribution in [0.15, 0.2) is 42.9 Å². The normalized spacial score (nSPS) is 12.5. The number of carbonyl (C=O) groups excluding carboxylic acids is 2. The SMILES string of the molecule is CC(C)(C)C(=O)[C@@H](Cc1cnc[nH]1)NC(=O)OCc1ccccc1. The van der Waals surface area contributed by atoms with E-state index in [0.717, 1.165) is 11.3 Å². The van der Waals surface area contributed by atoms with E-state index >= 15 is 0 Å². The molecule has 1 aromatic heterocycles. The van der Waals surface area contributed by atoms with Gasteiger partial charge in [-0.3, -0.25) is 4.79 Å². The van der Waals surface area contributed by atoms with Crippen LogP contribution in [0.5, 0.6) is 0 Å². The van der Waals surface area contributed by atoms with Gasteiger partial charge in [0.25, 0.3) is 0 Å². The van der Waals surface area contributed by atoms with Crippen molar-refractivity contribution in [2.24, 2.45) is 5.41 Å². The number of nitrogens with zero attached hydrogens (tertiary/aromatic N) is 1. The number of aromatic amines is 1. The number of ketones is 1. The lowest BCUT2D eigenvalue weighted by Gasteiger charge is -2.25. The molecular formula is C18H23N3O3. The third kappa shape index (κ3) is 5.22. The van der Waals surface area contributed by atoms with Crippen molar-refractivity contribution in [2.45, 2.75) is 39.8 Å². The molecule has 0 radical (unpaired) electrons. The molecule has 128 valence electrons. The maximum Gasteiger partial charge on any atom is 0.408 e. The fourth-order valence-electron chi connectivity index (χ4n) is 2.26. The number of hydrogen-bond acceptors (Lipinski definition) is 4. The summed E-state index contributed by atoms with van der Waals surface area (Å²) in [7, 11) is 0. The number of amides is 1. The smallest absolute Gasteiger partial charge is 0.408 e. The third-order valence-electron chi connectivity index (χ3n) is 3.54. The standard InChI is InChI=1S/C18H23N3O3/c1-18(2,3)16(22)15(9-14-10-19-12-20-14)21-17(23)24-11-13-7-5-4-6-8-13/h4-8,10,12,15H,9,11H2,1-3H3,(H,19,20)(H,21,23)/t15-/m1/s1. The molecule has 6 nitrogen and oxygen atoms in total. The van der Waals surface area contributed by atoms with Gasteiger partial charge in [-0.15, -0.1) is 0 Å². The number of imidazole rings is 1. The Morgan fingerprint density at radius 2 is 1.96 bits per heavy atom. The zero-order valence-corrected chi connectivity index (χ0v) is 14.2. The molecule has 2 N–H and O–H groups in total. The minimum Gasteiger partial charge on any atom is -0.445 e. The van der Waals surface area contributed by atoms with Gasteiger partial charge >= 0.3 is 6.09 Å². The predicted octanol–water partition coefficient (Wildman–Crippen LogP) is 2.86. The highest BCUT2D eigenvalue weighted by Gasteiger charge is 2.31. The number of Topliss-reactive ketones (excluding diaryl/α,β-unsaturated/α-hetero) is 1. The number of ether oxygens (including phenoxy) is 1. The van der Waals surface area contributed by atoms with Crippen LogP contribution in [0, 0.1) is 5.41 Å². The summed E-state index contributed by atoms with van der Waals surface area (Å²) in [5.74, 6) is -0.0613. The second kappa shape index (κ2) is 7.77. The topological polar surface area (TPSA) is 84.1 Å². The molecule has 1 amide bonds. The number of rotatable bonds is 6. The van der Waals surface area contributed by atoms with E-state index in [2.05, 4.69) is 15.3 Å². The van der Waals surface area contributed by atoms with Crippen molar-refractivity contribution in [2.75, 3.05) is 0 Å². The van der Waals surface area contributed by atoms with Crippen LogP contribution >= 0.6 is 0 Å². The first-order valence-corrected chi connectivity index (χ1v) is 7.85. The molecule has 0 unspecified atom stereocenters. The molecule has 0 bridgehead atoms. The number of H-pyrrole nitrogens is 1. The van der Waals surface area contributed by atoms with Crippen molar-refractivity contribution in [3.63, 3.8) is 0 Å². The fraction of sp³-hybridized carbons (Fsp3) is 0.389. The highest BCUT2D eigenvalue weighted by Crippen LogP contribution is 2.18. The third-order valence-corrected chi connectivity index (χ3v) is 3.54. The van der Waals surface area contributed by atoms with Crippen LogP contribution in [0.1, 0.15) is 32.0 Å². The Morgan fingerprint density at radius 3 is 2.54 bits per heavy atom. The van der Waals surface area contributed by atoms with E-state index in [9.17, 15) is 9.59 Å². The molecule has 1 aromatic carbocycles. The van der Waals surface area contributed by atoms with Crippen molar-refractivity contribution >= 4 is 11.9 Å². The minimum absolute atomic E-state index is 0.0613.